The number of rotatable bonds is 12. The van der Waals surface area contributed by atoms with Crippen molar-refractivity contribution in [3.63, 3.8) is 0 Å². The lowest BCUT2D eigenvalue weighted by Crippen LogP contribution is -2.51. The molecule has 344 valence electrons. The number of methoxy groups -OCH3 is 2. The molecule has 14 nitrogen and oxygen atoms in total. The molecule has 4 aliphatic rings. The first kappa shape index (κ1) is 45.5. The average Bonchev–Trinajstić information content (AvgIpc) is 4.14. The van der Waals surface area contributed by atoms with Crippen LogP contribution in [0.4, 0.5) is 15.3 Å². The molecule has 1 aliphatic heterocycles. The van der Waals surface area contributed by atoms with Crippen LogP contribution in [0.25, 0.3) is 33.2 Å². The standard InChI is InChI=1S/C51H62N6O8/c1-28(2)42(54-49(62)64-5)44(58)35-11-9-12-36(35)46(59)52-32-17-14-30(15-18-32)33-19-20-34(39-27-51(26-38(33)39)22-7-8-23-51)31-16-21-40-37(25-31)47(60)56-45(53-40)41-13-10-24-57(41)48(61)43(29(3)4)55-50(63)65-6/h14-21,25,28-29,35-36,41-43H,7-13,22-24,26-27H2,1-6H3,(H,52,59)(H,54,62)(H,55,63)(H,53,56,60)/t35?,36-,41+,42+,43+/m1/s1. The molecule has 3 aliphatic carbocycles. The molecular formula is C51H62N6O8. The summed E-state index contributed by atoms with van der Waals surface area (Å²) in [5.74, 6) is -1.43. The van der Waals surface area contributed by atoms with Crippen molar-refractivity contribution in [2.75, 3.05) is 26.1 Å². The lowest BCUT2D eigenvalue weighted by Gasteiger charge is -2.30. The van der Waals surface area contributed by atoms with Gasteiger partial charge in [-0.1, -0.05) is 77.3 Å². The van der Waals surface area contributed by atoms with E-state index in [0.29, 0.717) is 48.2 Å². The molecule has 1 spiro atoms. The molecule has 0 bridgehead atoms. The van der Waals surface area contributed by atoms with E-state index in [1.807, 2.05) is 70.2 Å². The molecule has 4 amide bonds. The minimum atomic E-state index is -0.778. The van der Waals surface area contributed by atoms with Gasteiger partial charge in [-0.15, -0.1) is 0 Å². The highest BCUT2D eigenvalue weighted by molar-refractivity contribution is 5.99. The normalized spacial score (nSPS) is 20.8. The second kappa shape index (κ2) is 18.8. The zero-order valence-electron chi connectivity index (χ0n) is 38.4. The zero-order valence-corrected chi connectivity index (χ0v) is 38.4. The number of Topliss-reactive ketones (excluding diaryl/α,β-unsaturated/α-hetero) is 1. The van der Waals surface area contributed by atoms with Gasteiger partial charge in [-0.05, 0) is 126 Å². The number of nitrogens with zero attached hydrogens (tertiary/aromatic N) is 2. The van der Waals surface area contributed by atoms with Gasteiger partial charge >= 0.3 is 12.2 Å². The van der Waals surface area contributed by atoms with Crippen molar-refractivity contribution < 1.29 is 33.4 Å². The molecule has 1 aromatic heterocycles. The third-order valence-corrected chi connectivity index (χ3v) is 14.6. The number of fused-ring (bicyclic) bond motifs is 2. The van der Waals surface area contributed by atoms with Gasteiger partial charge in [0.05, 0.1) is 37.2 Å². The Labute approximate surface area is 380 Å². The highest BCUT2D eigenvalue weighted by Gasteiger charge is 2.43. The van der Waals surface area contributed by atoms with Crippen LogP contribution in [-0.2, 0) is 36.7 Å². The summed E-state index contributed by atoms with van der Waals surface area (Å²) in [6.07, 6.45) is 8.72. The van der Waals surface area contributed by atoms with E-state index < -0.39 is 42.1 Å². The fraction of sp³-hybridized carbons (Fsp3) is 0.510. The molecule has 1 saturated heterocycles. The van der Waals surface area contributed by atoms with E-state index in [0.717, 1.165) is 47.9 Å². The van der Waals surface area contributed by atoms with Gasteiger partial charge in [0.1, 0.15) is 11.9 Å². The van der Waals surface area contributed by atoms with Crippen LogP contribution in [0.1, 0.15) is 108 Å². The number of likely N-dealkylation sites (tertiary alicyclic amines) is 1. The van der Waals surface area contributed by atoms with Crippen LogP contribution in [-0.4, -0.2) is 77.5 Å². The second-order valence-electron chi connectivity index (χ2n) is 19.4. The van der Waals surface area contributed by atoms with E-state index >= 15 is 0 Å². The van der Waals surface area contributed by atoms with Gasteiger partial charge in [-0.2, -0.15) is 0 Å². The molecule has 3 aromatic carbocycles. The third-order valence-electron chi connectivity index (χ3n) is 14.6. The van der Waals surface area contributed by atoms with Crippen LogP contribution in [0.3, 0.4) is 0 Å². The molecule has 5 atom stereocenters. The molecule has 1 unspecified atom stereocenters. The summed E-state index contributed by atoms with van der Waals surface area (Å²) in [6.45, 7) is 7.96. The number of alkyl carbamates (subject to hydrolysis) is 2. The van der Waals surface area contributed by atoms with E-state index in [1.54, 1.807) is 4.90 Å². The fourth-order valence-electron chi connectivity index (χ4n) is 11.2. The maximum Gasteiger partial charge on any atom is 0.407 e. The van der Waals surface area contributed by atoms with E-state index in [4.69, 9.17) is 14.5 Å². The number of ketones is 1. The number of carbonyl (C=O) groups is 5. The van der Waals surface area contributed by atoms with Gasteiger partial charge < -0.3 is 35.3 Å². The van der Waals surface area contributed by atoms with E-state index in [-0.39, 0.29) is 40.4 Å². The third kappa shape index (κ3) is 9.13. The molecule has 3 fully saturated rings. The molecule has 2 heterocycles. The first-order valence-electron chi connectivity index (χ1n) is 23.3. The molecular weight excluding hydrogens is 825 g/mol. The smallest absolute Gasteiger partial charge is 0.407 e. The maximum atomic E-state index is 13.9. The van der Waals surface area contributed by atoms with Crippen molar-refractivity contribution >= 4 is 46.4 Å². The van der Waals surface area contributed by atoms with Gasteiger partial charge in [0.2, 0.25) is 11.8 Å². The van der Waals surface area contributed by atoms with Crippen molar-refractivity contribution in [1.82, 2.24) is 25.5 Å². The second-order valence-corrected chi connectivity index (χ2v) is 19.4. The van der Waals surface area contributed by atoms with Crippen LogP contribution in [0.2, 0.25) is 0 Å². The average molecular weight is 887 g/mol. The van der Waals surface area contributed by atoms with Gasteiger partial charge in [-0.25, -0.2) is 14.6 Å². The van der Waals surface area contributed by atoms with Crippen molar-refractivity contribution in [2.45, 2.75) is 116 Å². The Kier molecular flexibility index (Phi) is 13.2. The van der Waals surface area contributed by atoms with Crippen LogP contribution < -0.4 is 21.5 Å². The molecule has 14 heteroatoms. The number of hydrogen-bond acceptors (Lipinski definition) is 9. The fourth-order valence-corrected chi connectivity index (χ4v) is 11.2. The summed E-state index contributed by atoms with van der Waals surface area (Å²) in [7, 11) is 2.53. The maximum absolute atomic E-state index is 13.9. The number of benzene rings is 3. The molecule has 0 radical (unpaired) electrons. The molecule has 4 N–H and O–H groups in total. The van der Waals surface area contributed by atoms with Crippen LogP contribution >= 0.6 is 0 Å². The van der Waals surface area contributed by atoms with Crippen molar-refractivity contribution in [3.05, 3.63) is 81.9 Å². The lowest BCUT2D eigenvalue weighted by atomic mass is 9.82. The van der Waals surface area contributed by atoms with Gasteiger partial charge in [0, 0.05) is 24.1 Å². The number of nitrogens with one attached hydrogen (secondary N) is 4. The van der Waals surface area contributed by atoms with Crippen LogP contribution in [0.5, 0.6) is 0 Å². The topological polar surface area (TPSA) is 189 Å². The Hall–Kier alpha value is -6.05. The van der Waals surface area contributed by atoms with Crippen LogP contribution in [0.15, 0.2) is 59.4 Å². The Morgan fingerprint density at radius 1 is 0.738 bits per heavy atom. The highest BCUT2D eigenvalue weighted by Crippen LogP contribution is 2.53. The summed E-state index contributed by atoms with van der Waals surface area (Å²) in [4.78, 5) is 88.7. The Bertz CT molecular complexity index is 2540. The molecule has 65 heavy (non-hydrogen) atoms. The summed E-state index contributed by atoms with van der Waals surface area (Å²) in [6, 6.07) is 16.2. The number of aromatic amines is 1. The quantitative estimate of drug-likeness (QED) is 0.109. The lowest BCUT2D eigenvalue weighted by molar-refractivity contribution is -0.135. The van der Waals surface area contributed by atoms with Gasteiger partial charge in [0.25, 0.3) is 5.56 Å². The molecule has 8 rings (SSSR count). The van der Waals surface area contributed by atoms with Gasteiger partial charge in [-0.3, -0.25) is 19.2 Å². The van der Waals surface area contributed by atoms with Crippen molar-refractivity contribution in [1.29, 1.82) is 0 Å². The first-order chi connectivity index (χ1) is 31.2. The number of H-pyrrole nitrogens is 1. The number of amides is 4. The number of anilines is 1. The summed E-state index contributed by atoms with van der Waals surface area (Å²) in [5.41, 5.74) is 8.04. The molecule has 2 saturated carbocycles. The first-order valence-corrected chi connectivity index (χ1v) is 23.3. The number of aromatic nitrogens is 2. The van der Waals surface area contributed by atoms with E-state index in [1.165, 1.54) is 51.0 Å². The van der Waals surface area contributed by atoms with Crippen molar-refractivity contribution in [2.24, 2.45) is 29.1 Å². The highest BCUT2D eigenvalue weighted by atomic mass is 16.5. The number of hydrogen-bond donors (Lipinski definition) is 4. The van der Waals surface area contributed by atoms with Gasteiger partial charge in [0.15, 0.2) is 5.78 Å². The predicted octanol–water partition coefficient (Wildman–Crippen LogP) is 8.26. The Balaban J connectivity index is 1.03. The summed E-state index contributed by atoms with van der Waals surface area (Å²) in [5, 5.41) is 8.91. The van der Waals surface area contributed by atoms with E-state index in [2.05, 4.69) is 33.1 Å². The summed E-state index contributed by atoms with van der Waals surface area (Å²) < 4.78 is 9.54. The minimum absolute atomic E-state index is 0.133. The van der Waals surface area contributed by atoms with E-state index in [9.17, 15) is 28.8 Å². The monoisotopic (exact) mass is 886 g/mol. The summed E-state index contributed by atoms with van der Waals surface area (Å²) >= 11 is 0. The predicted molar refractivity (Wildman–Crippen MR) is 248 cm³/mol. The van der Waals surface area contributed by atoms with Crippen molar-refractivity contribution in [3.8, 4) is 22.3 Å². The number of ether oxygens (including phenoxy) is 2. The van der Waals surface area contributed by atoms with Crippen LogP contribution in [0, 0.1) is 29.1 Å². The molecule has 4 aromatic rings. The SMILES string of the molecule is COC(=O)N[C@H](C(=O)C1CCC[C@H]1C(=O)Nc1ccc(-c2ccc(-c3ccc4nc([C@@H]5CCCN5C(=O)[C@@H](NC(=O)OC)C(C)C)[nH]c(=O)c4c3)c3c2CC2(CCCC2)C3)cc1)C(C)C. The Morgan fingerprint density at radius 3 is 1.97 bits per heavy atom. The largest absolute Gasteiger partial charge is 0.453 e. The Morgan fingerprint density at radius 2 is 1.34 bits per heavy atom. The zero-order chi connectivity index (χ0) is 46.2. The number of carbonyl (C=O) groups excluding carboxylic acids is 5. The minimum Gasteiger partial charge on any atom is -0.453 e.